The fourth-order valence-corrected chi connectivity index (χ4v) is 3.62. The molecule has 0 aliphatic carbocycles. The third kappa shape index (κ3) is 3.17. The summed E-state index contributed by atoms with van der Waals surface area (Å²) in [4.78, 5) is 3.58. The van der Waals surface area contributed by atoms with Gasteiger partial charge in [0.15, 0.2) is 0 Å². The van der Waals surface area contributed by atoms with Gasteiger partial charge in [0, 0.05) is 23.3 Å². The Kier molecular flexibility index (Phi) is 4.79. The predicted octanol–water partition coefficient (Wildman–Crippen LogP) is 5.12. The second kappa shape index (κ2) is 6.97. The van der Waals surface area contributed by atoms with Gasteiger partial charge in [-0.15, -0.1) is 13.2 Å². The van der Waals surface area contributed by atoms with Crippen LogP contribution < -0.4 is 5.32 Å². The van der Waals surface area contributed by atoms with E-state index >= 15 is 0 Å². The molecule has 0 spiro atoms. The second-order valence-electron chi connectivity index (χ2n) is 6.33. The monoisotopic (exact) mass is 294 g/mol. The molecular weight excluding hydrogens is 268 g/mol. The number of para-hydroxylation sites is 1. The van der Waals surface area contributed by atoms with Crippen molar-refractivity contribution in [1.82, 2.24) is 10.3 Å². The lowest BCUT2D eigenvalue weighted by atomic mass is 9.84. The fraction of sp³-hybridized carbons (Fsp3) is 0.400. The van der Waals surface area contributed by atoms with Crippen molar-refractivity contribution in [3.63, 3.8) is 0 Å². The number of allylic oxidation sites excluding steroid dienone is 1. The van der Waals surface area contributed by atoms with Crippen LogP contribution in [0.3, 0.4) is 0 Å². The standard InChI is InChI=1S/C20H26N2/c1-3-5-6-10-17-15(4-2)12-13-19(21-17)20-14-16-9-7-8-11-18(16)22-20/h3-4,7-9,11,14-15,17,19,21-22H,1-2,5-6,10,12-13H2/t15-,17+,19+/m1/s1. The largest absolute Gasteiger partial charge is 0.357 e. The normalized spacial score (nSPS) is 25.2. The number of aromatic nitrogens is 1. The van der Waals surface area contributed by atoms with Gasteiger partial charge in [-0.3, -0.25) is 0 Å². The van der Waals surface area contributed by atoms with Crippen LogP contribution in [0.25, 0.3) is 10.9 Å². The van der Waals surface area contributed by atoms with Gasteiger partial charge >= 0.3 is 0 Å². The van der Waals surface area contributed by atoms with Gasteiger partial charge in [0.1, 0.15) is 0 Å². The number of rotatable bonds is 6. The summed E-state index contributed by atoms with van der Waals surface area (Å²) < 4.78 is 0. The number of aromatic amines is 1. The zero-order valence-corrected chi connectivity index (χ0v) is 13.2. The Balaban J connectivity index is 1.73. The summed E-state index contributed by atoms with van der Waals surface area (Å²) >= 11 is 0. The summed E-state index contributed by atoms with van der Waals surface area (Å²) in [6, 6.07) is 11.8. The number of hydrogen-bond acceptors (Lipinski definition) is 1. The Bertz CT molecular complexity index is 607. The molecule has 0 bridgehead atoms. The summed E-state index contributed by atoms with van der Waals surface area (Å²) in [5.74, 6) is 0.588. The first-order valence-electron chi connectivity index (χ1n) is 8.39. The molecule has 0 unspecified atom stereocenters. The average Bonchev–Trinajstić information content (AvgIpc) is 2.99. The smallest absolute Gasteiger partial charge is 0.0475 e. The van der Waals surface area contributed by atoms with Gasteiger partial charge in [-0.1, -0.05) is 30.4 Å². The number of benzene rings is 1. The van der Waals surface area contributed by atoms with Crippen molar-refractivity contribution in [1.29, 1.82) is 0 Å². The minimum atomic E-state index is 0.428. The zero-order valence-electron chi connectivity index (χ0n) is 13.2. The quantitative estimate of drug-likeness (QED) is 0.561. The van der Waals surface area contributed by atoms with Gasteiger partial charge in [0.2, 0.25) is 0 Å². The SMILES string of the molecule is C=CCCC[C@@H]1N[C@H](c2cc3ccccc3[nH]2)CC[C@H]1C=C. The lowest BCUT2D eigenvalue weighted by Crippen LogP contribution is -2.42. The van der Waals surface area contributed by atoms with E-state index in [2.05, 4.69) is 59.9 Å². The van der Waals surface area contributed by atoms with Gasteiger partial charge in [-0.05, 0) is 55.5 Å². The molecule has 0 saturated carbocycles. The Morgan fingerprint density at radius 3 is 2.82 bits per heavy atom. The van der Waals surface area contributed by atoms with Gasteiger partial charge in [-0.25, -0.2) is 0 Å². The predicted molar refractivity (Wildman–Crippen MR) is 94.9 cm³/mol. The van der Waals surface area contributed by atoms with Gasteiger partial charge < -0.3 is 10.3 Å². The maximum atomic E-state index is 4.03. The first-order valence-corrected chi connectivity index (χ1v) is 8.39. The molecule has 1 aliphatic rings. The van der Waals surface area contributed by atoms with E-state index in [9.17, 15) is 0 Å². The molecule has 116 valence electrons. The number of piperidine rings is 1. The van der Waals surface area contributed by atoms with Crippen molar-refractivity contribution in [2.45, 2.75) is 44.2 Å². The maximum absolute atomic E-state index is 4.03. The van der Waals surface area contributed by atoms with Crippen LogP contribution in [0.5, 0.6) is 0 Å². The van der Waals surface area contributed by atoms with Crippen LogP contribution in [0.2, 0.25) is 0 Å². The molecule has 1 aromatic carbocycles. The molecule has 3 rings (SSSR count). The Labute approximate surface area is 133 Å². The molecule has 2 heterocycles. The van der Waals surface area contributed by atoms with Crippen LogP contribution in [-0.4, -0.2) is 11.0 Å². The second-order valence-corrected chi connectivity index (χ2v) is 6.33. The average molecular weight is 294 g/mol. The molecule has 1 fully saturated rings. The van der Waals surface area contributed by atoms with Gasteiger partial charge in [0.05, 0.1) is 0 Å². The topological polar surface area (TPSA) is 27.8 Å². The van der Waals surface area contributed by atoms with Crippen molar-refractivity contribution >= 4 is 10.9 Å². The minimum Gasteiger partial charge on any atom is -0.357 e. The first-order chi connectivity index (χ1) is 10.8. The van der Waals surface area contributed by atoms with E-state index in [1.165, 1.54) is 42.3 Å². The third-order valence-corrected chi connectivity index (χ3v) is 4.87. The number of H-pyrrole nitrogens is 1. The number of fused-ring (bicyclic) bond motifs is 1. The highest BCUT2D eigenvalue weighted by molar-refractivity contribution is 5.80. The highest BCUT2D eigenvalue weighted by atomic mass is 15.0. The first kappa shape index (κ1) is 15.1. The van der Waals surface area contributed by atoms with Crippen LogP contribution in [-0.2, 0) is 0 Å². The highest BCUT2D eigenvalue weighted by Crippen LogP contribution is 2.32. The molecule has 2 nitrogen and oxygen atoms in total. The van der Waals surface area contributed by atoms with E-state index in [4.69, 9.17) is 0 Å². The van der Waals surface area contributed by atoms with E-state index in [-0.39, 0.29) is 0 Å². The maximum Gasteiger partial charge on any atom is 0.0475 e. The summed E-state index contributed by atoms with van der Waals surface area (Å²) in [5.41, 5.74) is 2.55. The fourth-order valence-electron chi connectivity index (χ4n) is 3.62. The van der Waals surface area contributed by atoms with E-state index < -0.39 is 0 Å². The summed E-state index contributed by atoms with van der Waals surface area (Å²) in [6.45, 7) is 7.85. The van der Waals surface area contributed by atoms with E-state index in [1.54, 1.807) is 0 Å². The molecule has 2 heteroatoms. The van der Waals surface area contributed by atoms with Crippen molar-refractivity contribution in [2.75, 3.05) is 0 Å². The van der Waals surface area contributed by atoms with E-state index in [0.717, 1.165) is 6.42 Å². The molecular formula is C20H26N2. The summed E-state index contributed by atoms with van der Waals surface area (Å²) in [5, 5.41) is 5.15. The van der Waals surface area contributed by atoms with Gasteiger partial charge in [-0.2, -0.15) is 0 Å². The minimum absolute atomic E-state index is 0.428. The Morgan fingerprint density at radius 1 is 1.18 bits per heavy atom. The zero-order chi connectivity index (χ0) is 15.4. The van der Waals surface area contributed by atoms with Crippen LogP contribution in [0.4, 0.5) is 0 Å². The van der Waals surface area contributed by atoms with Crippen LogP contribution in [0.1, 0.15) is 43.8 Å². The van der Waals surface area contributed by atoms with Crippen molar-refractivity contribution in [3.8, 4) is 0 Å². The number of nitrogens with one attached hydrogen (secondary N) is 2. The van der Waals surface area contributed by atoms with Crippen molar-refractivity contribution < 1.29 is 0 Å². The van der Waals surface area contributed by atoms with Crippen LogP contribution in [0, 0.1) is 5.92 Å². The molecule has 1 saturated heterocycles. The Hall–Kier alpha value is -1.80. The summed E-state index contributed by atoms with van der Waals surface area (Å²) in [6.07, 6.45) is 10.0. The molecule has 2 N–H and O–H groups in total. The van der Waals surface area contributed by atoms with Gasteiger partial charge in [0.25, 0.3) is 0 Å². The molecule has 2 aromatic rings. The number of hydrogen-bond donors (Lipinski definition) is 2. The van der Waals surface area contributed by atoms with Crippen molar-refractivity contribution in [2.24, 2.45) is 5.92 Å². The molecule has 3 atom stereocenters. The molecule has 22 heavy (non-hydrogen) atoms. The molecule has 1 aromatic heterocycles. The molecule has 1 aliphatic heterocycles. The molecule has 0 radical (unpaired) electrons. The van der Waals surface area contributed by atoms with Crippen molar-refractivity contribution in [3.05, 3.63) is 61.3 Å². The summed E-state index contributed by atoms with van der Waals surface area (Å²) in [7, 11) is 0. The highest BCUT2D eigenvalue weighted by Gasteiger charge is 2.29. The lowest BCUT2D eigenvalue weighted by molar-refractivity contribution is 0.252. The Morgan fingerprint density at radius 2 is 2.05 bits per heavy atom. The van der Waals surface area contributed by atoms with Crippen LogP contribution in [0.15, 0.2) is 55.6 Å². The number of unbranched alkanes of at least 4 members (excludes halogenated alkanes) is 1. The third-order valence-electron chi connectivity index (χ3n) is 4.87. The lowest BCUT2D eigenvalue weighted by Gasteiger charge is -2.36. The van der Waals surface area contributed by atoms with Crippen LogP contribution >= 0.6 is 0 Å². The molecule has 0 amide bonds. The van der Waals surface area contributed by atoms with E-state index in [0.29, 0.717) is 18.0 Å². The van der Waals surface area contributed by atoms with E-state index in [1.807, 2.05) is 6.08 Å².